The lowest BCUT2D eigenvalue weighted by atomic mass is 9.70. The first-order valence-corrected chi connectivity index (χ1v) is 16.7. The predicted molar refractivity (Wildman–Crippen MR) is 200 cm³/mol. The van der Waals surface area contributed by atoms with Crippen LogP contribution in [0.1, 0.15) is 22.3 Å². The first-order chi connectivity index (χ1) is 23.8. The lowest BCUT2D eigenvalue weighted by Crippen LogP contribution is -2.26. The Kier molecular flexibility index (Phi) is 5.86. The zero-order valence-electron chi connectivity index (χ0n) is 26.3. The Bertz CT molecular complexity index is 2470. The molecular weight excluding hydrogens is 579 g/mol. The second-order valence-electron chi connectivity index (χ2n) is 12.9. The van der Waals surface area contributed by atoms with Crippen LogP contribution in [-0.2, 0) is 5.41 Å². The van der Waals surface area contributed by atoms with Crippen LogP contribution in [0.4, 0.5) is 17.1 Å². The summed E-state index contributed by atoms with van der Waals surface area (Å²) < 4.78 is 0. The summed E-state index contributed by atoms with van der Waals surface area (Å²) >= 11 is 0. The molecule has 8 aromatic rings. The van der Waals surface area contributed by atoms with Crippen LogP contribution in [0.25, 0.3) is 44.2 Å². The average molecular weight is 610 g/mol. The normalized spacial score (nSPS) is 13.2. The van der Waals surface area contributed by atoms with Crippen LogP contribution in [0, 0.1) is 0 Å². The van der Waals surface area contributed by atoms with Crippen molar-refractivity contribution in [3.05, 3.63) is 210 Å². The van der Waals surface area contributed by atoms with Crippen LogP contribution in [0.5, 0.6) is 0 Å². The van der Waals surface area contributed by atoms with Gasteiger partial charge in [-0.15, -0.1) is 0 Å². The fourth-order valence-corrected chi connectivity index (χ4v) is 8.49. The fraction of sp³-hybridized carbons (Fsp3) is 0.0213. The van der Waals surface area contributed by atoms with Crippen molar-refractivity contribution >= 4 is 27.8 Å². The maximum atomic E-state index is 2.48. The van der Waals surface area contributed by atoms with E-state index in [0.29, 0.717) is 0 Å². The van der Waals surface area contributed by atoms with E-state index in [0.717, 1.165) is 17.1 Å². The van der Waals surface area contributed by atoms with E-state index in [9.17, 15) is 0 Å². The Morgan fingerprint density at radius 3 is 1.54 bits per heavy atom. The highest BCUT2D eigenvalue weighted by Crippen LogP contribution is 2.63. The van der Waals surface area contributed by atoms with Gasteiger partial charge >= 0.3 is 0 Å². The van der Waals surface area contributed by atoms with E-state index in [1.165, 1.54) is 66.4 Å². The van der Waals surface area contributed by atoms with Crippen molar-refractivity contribution in [1.82, 2.24) is 0 Å². The Balaban J connectivity index is 1.30. The number of hydrogen-bond donors (Lipinski definition) is 0. The summed E-state index contributed by atoms with van der Waals surface area (Å²) in [6.07, 6.45) is 0. The second kappa shape index (κ2) is 10.4. The zero-order chi connectivity index (χ0) is 31.7. The molecule has 48 heavy (non-hydrogen) atoms. The van der Waals surface area contributed by atoms with Crippen LogP contribution < -0.4 is 4.90 Å². The minimum absolute atomic E-state index is 0.431. The van der Waals surface area contributed by atoms with Crippen molar-refractivity contribution in [2.45, 2.75) is 5.41 Å². The molecule has 0 heterocycles. The van der Waals surface area contributed by atoms with Gasteiger partial charge in [0, 0.05) is 16.9 Å². The molecule has 2 aliphatic carbocycles. The number of fused-ring (bicyclic) bond motifs is 11. The molecule has 0 unspecified atom stereocenters. The summed E-state index contributed by atoms with van der Waals surface area (Å²) in [5, 5.41) is 2.54. The average Bonchev–Trinajstić information content (AvgIpc) is 3.61. The van der Waals surface area contributed by atoms with Crippen LogP contribution >= 0.6 is 0 Å². The van der Waals surface area contributed by atoms with Gasteiger partial charge in [0.25, 0.3) is 0 Å². The van der Waals surface area contributed by atoms with Crippen LogP contribution in [0.3, 0.4) is 0 Å². The van der Waals surface area contributed by atoms with E-state index in [1.54, 1.807) is 0 Å². The van der Waals surface area contributed by atoms with Gasteiger partial charge in [-0.25, -0.2) is 0 Å². The number of benzene rings is 8. The molecule has 0 saturated heterocycles. The SMILES string of the molecule is c1ccc(-c2ccccc2N(c2ccccc2)c2ccc3c(c2)C2(c4ccccc4-c4ccccc42)c2cc4ccccc4cc2-3)cc1. The number of anilines is 3. The molecule has 0 aromatic heterocycles. The van der Waals surface area contributed by atoms with E-state index in [1.807, 2.05) is 0 Å². The predicted octanol–water partition coefficient (Wildman–Crippen LogP) is 12.3. The van der Waals surface area contributed by atoms with E-state index in [-0.39, 0.29) is 0 Å². The molecule has 0 amide bonds. The van der Waals surface area contributed by atoms with Gasteiger partial charge < -0.3 is 4.90 Å². The topological polar surface area (TPSA) is 3.24 Å². The van der Waals surface area contributed by atoms with E-state index >= 15 is 0 Å². The summed E-state index contributed by atoms with van der Waals surface area (Å²) in [6.45, 7) is 0. The van der Waals surface area contributed by atoms with E-state index < -0.39 is 5.41 Å². The molecular formula is C47H31N. The molecule has 0 radical (unpaired) electrons. The van der Waals surface area contributed by atoms with Gasteiger partial charge in [0.1, 0.15) is 0 Å². The van der Waals surface area contributed by atoms with Crippen LogP contribution in [0.2, 0.25) is 0 Å². The molecule has 1 nitrogen and oxygen atoms in total. The highest BCUT2D eigenvalue weighted by molar-refractivity contribution is 6.01. The maximum Gasteiger partial charge on any atom is 0.0726 e. The molecule has 0 aliphatic heterocycles. The van der Waals surface area contributed by atoms with Crippen molar-refractivity contribution in [3.8, 4) is 33.4 Å². The molecule has 1 heteroatoms. The second-order valence-corrected chi connectivity index (χ2v) is 12.9. The number of hydrogen-bond acceptors (Lipinski definition) is 1. The quantitative estimate of drug-likeness (QED) is 0.192. The molecule has 1 spiro atoms. The maximum absolute atomic E-state index is 2.48. The molecule has 2 aliphatic rings. The van der Waals surface area contributed by atoms with Gasteiger partial charge in [0.05, 0.1) is 11.1 Å². The van der Waals surface area contributed by atoms with Crippen LogP contribution in [-0.4, -0.2) is 0 Å². The summed E-state index contributed by atoms with van der Waals surface area (Å²) in [7, 11) is 0. The Hall–Kier alpha value is -6.18. The van der Waals surface area contributed by atoms with Crippen molar-refractivity contribution in [3.63, 3.8) is 0 Å². The van der Waals surface area contributed by atoms with Crippen LogP contribution in [0.15, 0.2) is 188 Å². The van der Waals surface area contributed by atoms with E-state index in [2.05, 4.69) is 193 Å². The molecule has 0 atom stereocenters. The fourth-order valence-electron chi connectivity index (χ4n) is 8.49. The standard InChI is InChI=1S/C47H31N/c1-3-15-32(16-4-1)37-21-11-14-26-46(37)48(35-19-5-2-6-20-35)36-27-28-40-41-29-33-17-7-8-18-34(33)30-44(41)47(45(40)31-36)42-24-12-9-22-38(42)39-23-10-13-25-43(39)47/h1-31H. The molecule has 0 fully saturated rings. The minimum Gasteiger partial charge on any atom is -0.310 e. The van der Waals surface area contributed by atoms with Crippen molar-refractivity contribution in [1.29, 1.82) is 0 Å². The van der Waals surface area contributed by atoms with Gasteiger partial charge in [-0.1, -0.05) is 146 Å². The lowest BCUT2D eigenvalue weighted by Gasteiger charge is -2.32. The Labute approximate surface area is 281 Å². The third kappa shape index (κ3) is 3.73. The van der Waals surface area contributed by atoms with Gasteiger partial charge in [0.2, 0.25) is 0 Å². The van der Waals surface area contributed by atoms with Gasteiger partial charge in [0.15, 0.2) is 0 Å². The third-order valence-electron chi connectivity index (χ3n) is 10.4. The highest BCUT2D eigenvalue weighted by Gasteiger charge is 2.51. The summed E-state index contributed by atoms with van der Waals surface area (Å²) in [5.74, 6) is 0. The first-order valence-electron chi connectivity index (χ1n) is 16.7. The third-order valence-corrected chi connectivity index (χ3v) is 10.4. The minimum atomic E-state index is -0.431. The summed E-state index contributed by atoms with van der Waals surface area (Å²) in [4.78, 5) is 2.43. The van der Waals surface area contributed by atoms with Gasteiger partial charge in [-0.05, 0) is 103 Å². The molecule has 224 valence electrons. The van der Waals surface area contributed by atoms with Gasteiger partial charge in [-0.2, -0.15) is 0 Å². The van der Waals surface area contributed by atoms with Crippen molar-refractivity contribution in [2.24, 2.45) is 0 Å². The molecule has 8 aromatic carbocycles. The molecule has 0 saturated carbocycles. The van der Waals surface area contributed by atoms with E-state index in [4.69, 9.17) is 0 Å². The molecule has 0 N–H and O–H groups in total. The lowest BCUT2D eigenvalue weighted by molar-refractivity contribution is 0.795. The monoisotopic (exact) mass is 609 g/mol. The summed E-state index contributed by atoms with van der Waals surface area (Å²) in [5.41, 5.74) is 16.0. The van der Waals surface area contributed by atoms with Crippen molar-refractivity contribution in [2.75, 3.05) is 4.90 Å². The Morgan fingerprint density at radius 1 is 0.312 bits per heavy atom. The Morgan fingerprint density at radius 2 is 0.833 bits per heavy atom. The number of para-hydroxylation sites is 2. The molecule has 0 bridgehead atoms. The van der Waals surface area contributed by atoms with Crippen molar-refractivity contribution < 1.29 is 0 Å². The largest absolute Gasteiger partial charge is 0.310 e. The first kappa shape index (κ1) is 27.0. The zero-order valence-corrected chi connectivity index (χ0v) is 26.3. The highest BCUT2D eigenvalue weighted by atomic mass is 15.1. The molecule has 10 rings (SSSR count). The number of nitrogens with zero attached hydrogens (tertiary/aromatic N) is 1. The van der Waals surface area contributed by atoms with Gasteiger partial charge in [-0.3, -0.25) is 0 Å². The summed E-state index contributed by atoms with van der Waals surface area (Å²) in [6, 6.07) is 69.2. The smallest absolute Gasteiger partial charge is 0.0726 e. The number of rotatable bonds is 4.